The van der Waals surface area contributed by atoms with Crippen molar-refractivity contribution in [3.05, 3.63) is 82.4 Å². The van der Waals surface area contributed by atoms with E-state index in [1.807, 2.05) is 6.07 Å². The first-order valence-corrected chi connectivity index (χ1v) is 15.4. The number of anilines is 1. The van der Waals surface area contributed by atoms with Crippen molar-refractivity contribution in [3.8, 4) is 17.2 Å². The van der Waals surface area contributed by atoms with Gasteiger partial charge in [0.1, 0.15) is 5.75 Å². The van der Waals surface area contributed by atoms with Crippen LogP contribution in [-0.2, 0) is 25.7 Å². The number of methoxy groups -OCH3 is 2. The number of nitrogens with one attached hydrogen (secondary N) is 1. The summed E-state index contributed by atoms with van der Waals surface area (Å²) >= 11 is 0. The van der Waals surface area contributed by atoms with Crippen LogP contribution < -0.4 is 14.8 Å². The SMILES string of the molecule is COc1cc(NCCCc2ccc(CCN3CCCC(C)(C)C3)cc2)c(C2CCc3cc(O)ccc3C2)cc1OC. The van der Waals surface area contributed by atoms with E-state index in [2.05, 4.69) is 66.5 Å². The van der Waals surface area contributed by atoms with Crippen LogP contribution in [0.2, 0.25) is 0 Å². The van der Waals surface area contributed by atoms with E-state index in [1.54, 1.807) is 20.3 Å². The second-order valence-electron chi connectivity index (χ2n) is 12.8. The van der Waals surface area contributed by atoms with Gasteiger partial charge in [0.2, 0.25) is 0 Å². The van der Waals surface area contributed by atoms with Crippen LogP contribution in [0.4, 0.5) is 5.69 Å². The average molecular weight is 557 g/mol. The van der Waals surface area contributed by atoms with Crippen LogP contribution in [0.1, 0.15) is 73.3 Å². The van der Waals surface area contributed by atoms with Crippen molar-refractivity contribution in [3.63, 3.8) is 0 Å². The Hall–Kier alpha value is -3.18. The monoisotopic (exact) mass is 556 g/mol. The van der Waals surface area contributed by atoms with E-state index in [0.29, 0.717) is 17.1 Å². The number of hydrogen-bond donors (Lipinski definition) is 2. The zero-order valence-corrected chi connectivity index (χ0v) is 25.5. The average Bonchev–Trinajstić information content (AvgIpc) is 2.97. The highest BCUT2D eigenvalue weighted by atomic mass is 16.5. The minimum absolute atomic E-state index is 0.354. The predicted molar refractivity (Wildman–Crippen MR) is 169 cm³/mol. The molecule has 5 nitrogen and oxygen atoms in total. The van der Waals surface area contributed by atoms with Crippen LogP contribution in [0.5, 0.6) is 17.2 Å². The summed E-state index contributed by atoms with van der Waals surface area (Å²) in [4.78, 5) is 2.64. The Balaban J connectivity index is 1.17. The molecule has 0 bridgehead atoms. The number of aryl methyl sites for hydroxylation is 2. The van der Waals surface area contributed by atoms with Crippen LogP contribution in [0, 0.1) is 5.41 Å². The summed E-state index contributed by atoms with van der Waals surface area (Å²) in [5.74, 6) is 2.27. The molecular formula is C36H48N2O3. The largest absolute Gasteiger partial charge is 0.508 e. The maximum Gasteiger partial charge on any atom is 0.162 e. The fourth-order valence-electron chi connectivity index (χ4n) is 6.80. The van der Waals surface area contributed by atoms with Crippen molar-refractivity contribution in [2.24, 2.45) is 5.41 Å². The van der Waals surface area contributed by atoms with Crippen LogP contribution >= 0.6 is 0 Å². The van der Waals surface area contributed by atoms with Gasteiger partial charge in [0, 0.05) is 31.4 Å². The van der Waals surface area contributed by atoms with E-state index in [9.17, 15) is 5.11 Å². The van der Waals surface area contributed by atoms with Crippen molar-refractivity contribution >= 4 is 5.69 Å². The number of phenolic OH excluding ortho intramolecular Hbond substituents is 1. The molecule has 0 aromatic heterocycles. The second kappa shape index (κ2) is 13.2. The number of phenols is 1. The van der Waals surface area contributed by atoms with Gasteiger partial charge in [0.05, 0.1) is 14.2 Å². The lowest BCUT2D eigenvalue weighted by molar-refractivity contribution is 0.119. The van der Waals surface area contributed by atoms with E-state index >= 15 is 0 Å². The van der Waals surface area contributed by atoms with Gasteiger partial charge in [0.25, 0.3) is 0 Å². The number of ether oxygens (including phenoxy) is 2. The normalized spacial score (nSPS) is 18.5. The Labute approximate surface area is 246 Å². The first-order valence-electron chi connectivity index (χ1n) is 15.4. The molecule has 3 aromatic carbocycles. The summed E-state index contributed by atoms with van der Waals surface area (Å²) in [6.45, 7) is 9.32. The zero-order chi connectivity index (χ0) is 28.8. The number of piperidine rings is 1. The standard InChI is InChI=1S/C36H48N2O3/c1-36(2)17-6-19-38(25-36)20-16-27-10-8-26(9-11-27)7-5-18-37-33-24-35(41-4)34(40-3)23-32(33)30-13-12-29-22-31(39)15-14-28(29)21-30/h8-11,14-15,22-24,30,37,39H,5-7,12-13,16-21,25H2,1-4H3. The first-order chi connectivity index (χ1) is 19.8. The third-order valence-corrected chi connectivity index (χ3v) is 9.09. The molecule has 41 heavy (non-hydrogen) atoms. The zero-order valence-electron chi connectivity index (χ0n) is 25.5. The summed E-state index contributed by atoms with van der Waals surface area (Å²) in [5, 5.41) is 13.6. The van der Waals surface area contributed by atoms with Gasteiger partial charge in [-0.2, -0.15) is 0 Å². The van der Waals surface area contributed by atoms with Gasteiger partial charge in [-0.15, -0.1) is 0 Å². The molecule has 0 radical (unpaired) electrons. The van der Waals surface area contributed by atoms with Crippen LogP contribution in [0.3, 0.4) is 0 Å². The summed E-state index contributed by atoms with van der Waals surface area (Å²) in [5.41, 5.74) is 8.29. The van der Waals surface area contributed by atoms with Crippen molar-refractivity contribution < 1.29 is 14.6 Å². The molecule has 1 saturated heterocycles. The maximum absolute atomic E-state index is 9.90. The van der Waals surface area contributed by atoms with Crippen molar-refractivity contribution in [1.29, 1.82) is 0 Å². The number of likely N-dealkylation sites (tertiary alicyclic amines) is 1. The van der Waals surface area contributed by atoms with Gasteiger partial charge in [-0.1, -0.05) is 44.2 Å². The van der Waals surface area contributed by atoms with Gasteiger partial charge < -0.3 is 24.8 Å². The predicted octanol–water partition coefficient (Wildman–Crippen LogP) is 7.39. The molecular weight excluding hydrogens is 508 g/mol. The molecule has 1 unspecified atom stereocenters. The summed E-state index contributed by atoms with van der Waals surface area (Å²) in [6.07, 6.45) is 8.89. The summed E-state index contributed by atoms with van der Waals surface area (Å²) in [6, 6.07) is 19.3. The van der Waals surface area contributed by atoms with E-state index in [0.717, 1.165) is 68.8 Å². The lowest BCUT2D eigenvalue weighted by Crippen LogP contribution is -2.40. The first kappa shape index (κ1) is 29.3. The Kier molecular flexibility index (Phi) is 9.44. The molecule has 5 rings (SSSR count). The molecule has 1 aliphatic carbocycles. The molecule has 0 spiro atoms. The number of aromatic hydroxyl groups is 1. The lowest BCUT2D eigenvalue weighted by atomic mass is 9.79. The Morgan fingerprint density at radius 2 is 1.66 bits per heavy atom. The number of nitrogens with zero attached hydrogens (tertiary/aromatic N) is 1. The van der Waals surface area contributed by atoms with Crippen LogP contribution in [-0.4, -0.2) is 50.4 Å². The number of benzene rings is 3. The Morgan fingerprint density at radius 1 is 0.927 bits per heavy atom. The third kappa shape index (κ3) is 7.56. The highest BCUT2D eigenvalue weighted by Gasteiger charge is 2.26. The molecule has 1 aliphatic heterocycles. The highest BCUT2D eigenvalue weighted by Crippen LogP contribution is 2.42. The molecule has 3 aromatic rings. The molecule has 220 valence electrons. The quantitative estimate of drug-likeness (QED) is 0.241. The van der Waals surface area contributed by atoms with Gasteiger partial charge in [-0.05, 0) is 115 Å². The van der Waals surface area contributed by atoms with Crippen molar-refractivity contribution in [2.75, 3.05) is 45.7 Å². The number of fused-ring (bicyclic) bond motifs is 1. The van der Waals surface area contributed by atoms with Crippen LogP contribution in [0.15, 0.2) is 54.6 Å². The maximum atomic E-state index is 9.90. The lowest BCUT2D eigenvalue weighted by Gasteiger charge is -2.38. The minimum Gasteiger partial charge on any atom is -0.508 e. The van der Waals surface area contributed by atoms with Gasteiger partial charge in [-0.25, -0.2) is 0 Å². The molecule has 1 heterocycles. The fraction of sp³-hybridized carbons (Fsp3) is 0.500. The molecule has 1 fully saturated rings. The summed E-state index contributed by atoms with van der Waals surface area (Å²) < 4.78 is 11.3. The van der Waals surface area contributed by atoms with E-state index in [4.69, 9.17) is 9.47 Å². The van der Waals surface area contributed by atoms with Gasteiger partial charge in [0.15, 0.2) is 11.5 Å². The third-order valence-electron chi connectivity index (χ3n) is 9.09. The minimum atomic E-state index is 0.354. The number of hydrogen-bond acceptors (Lipinski definition) is 5. The molecule has 1 atom stereocenters. The summed E-state index contributed by atoms with van der Waals surface area (Å²) in [7, 11) is 3.40. The van der Waals surface area contributed by atoms with Gasteiger partial charge in [-0.3, -0.25) is 0 Å². The molecule has 2 N–H and O–H groups in total. The molecule has 2 aliphatic rings. The van der Waals surface area contributed by atoms with E-state index in [1.165, 1.54) is 53.7 Å². The van der Waals surface area contributed by atoms with Crippen LogP contribution in [0.25, 0.3) is 0 Å². The second-order valence-corrected chi connectivity index (χ2v) is 12.8. The van der Waals surface area contributed by atoms with E-state index < -0.39 is 0 Å². The number of rotatable bonds is 11. The topological polar surface area (TPSA) is 54.0 Å². The molecule has 0 saturated carbocycles. The fourth-order valence-corrected chi connectivity index (χ4v) is 6.80. The smallest absolute Gasteiger partial charge is 0.162 e. The highest BCUT2D eigenvalue weighted by molar-refractivity contribution is 5.62. The molecule has 0 amide bonds. The van der Waals surface area contributed by atoms with E-state index in [-0.39, 0.29) is 0 Å². The van der Waals surface area contributed by atoms with Crippen molar-refractivity contribution in [1.82, 2.24) is 4.90 Å². The Morgan fingerprint density at radius 3 is 2.39 bits per heavy atom. The Bertz CT molecular complexity index is 1300. The van der Waals surface area contributed by atoms with Gasteiger partial charge >= 0.3 is 0 Å². The van der Waals surface area contributed by atoms with Crippen molar-refractivity contribution in [2.45, 2.75) is 71.1 Å². The molecule has 5 heteroatoms.